The van der Waals surface area contributed by atoms with Crippen LogP contribution < -0.4 is 0 Å². The van der Waals surface area contributed by atoms with Gasteiger partial charge in [0.1, 0.15) is 6.73 Å². The second kappa shape index (κ2) is 5.91. The minimum absolute atomic E-state index is 0.216. The number of unbranched alkanes of at least 4 members (excludes halogenated alkanes) is 1. The lowest BCUT2D eigenvalue weighted by Gasteiger charge is -2.25. The van der Waals surface area contributed by atoms with Gasteiger partial charge in [0, 0.05) is 6.42 Å². The van der Waals surface area contributed by atoms with Crippen LogP contribution in [0.15, 0.2) is 12.7 Å². The van der Waals surface area contributed by atoms with Crippen LogP contribution >= 0.6 is 0 Å². The summed E-state index contributed by atoms with van der Waals surface area (Å²) in [6.45, 7) is 9.06. The Morgan fingerprint density at radius 1 is 1.67 bits per heavy atom. The molecule has 3 heteroatoms. The normalized spacial score (nSPS) is 21.0. The zero-order valence-electron chi connectivity index (χ0n) is 9.74. The summed E-state index contributed by atoms with van der Waals surface area (Å²) in [5, 5.41) is 0. The average molecular weight is 211 g/mol. The van der Waals surface area contributed by atoms with Crippen LogP contribution in [0, 0.1) is 5.92 Å². The predicted octanol–water partition coefficient (Wildman–Crippen LogP) is 2.18. The molecular formula is C12H21NO2. The Morgan fingerprint density at radius 3 is 3.00 bits per heavy atom. The van der Waals surface area contributed by atoms with Crippen LogP contribution in [0.1, 0.15) is 33.1 Å². The fourth-order valence-electron chi connectivity index (χ4n) is 1.81. The molecule has 1 rings (SSSR count). The minimum atomic E-state index is 0.216. The molecule has 0 aromatic rings. The predicted molar refractivity (Wildman–Crippen MR) is 60.3 cm³/mol. The lowest BCUT2D eigenvalue weighted by molar-refractivity contribution is -0.133. The Hall–Kier alpha value is -0.830. The largest absolute Gasteiger partial charge is 0.359 e. The van der Waals surface area contributed by atoms with Gasteiger partial charge in [-0.05, 0) is 18.8 Å². The molecule has 1 aliphatic rings. The van der Waals surface area contributed by atoms with Gasteiger partial charge in [0.15, 0.2) is 0 Å². The smallest absolute Gasteiger partial charge is 0.224 e. The second-order valence-corrected chi connectivity index (χ2v) is 4.36. The van der Waals surface area contributed by atoms with Crippen molar-refractivity contribution in [2.75, 3.05) is 13.3 Å². The van der Waals surface area contributed by atoms with Crippen LogP contribution in [0.25, 0.3) is 0 Å². The lowest BCUT2D eigenvalue weighted by atomic mass is 10.0. The standard InChI is InChI=1S/C12H21NO2/c1-4-5-6-7-12(14)13-9-15-8-11(13)10(2)3/h4,10-11H,1,5-9H2,2-3H3/t11-/m0/s1. The quantitative estimate of drug-likeness (QED) is 0.515. The summed E-state index contributed by atoms with van der Waals surface area (Å²) < 4.78 is 5.34. The Labute approximate surface area is 92.1 Å². The van der Waals surface area contributed by atoms with Gasteiger partial charge in [-0.3, -0.25) is 4.79 Å². The Balaban J connectivity index is 2.40. The van der Waals surface area contributed by atoms with E-state index in [1.165, 1.54) is 0 Å². The molecule has 86 valence electrons. The first-order chi connectivity index (χ1) is 7.16. The van der Waals surface area contributed by atoms with Gasteiger partial charge in [-0.25, -0.2) is 0 Å². The summed E-state index contributed by atoms with van der Waals surface area (Å²) in [6.07, 6.45) is 4.27. The number of hydrogen-bond donors (Lipinski definition) is 0. The number of ether oxygens (including phenoxy) is 1. The van der Waals surface area contributed by atoms with E-state index in [9.17, 15) is 4.79 Å². The van der Waals surface area contributed by atoms with Crippen molar-refractivity contribution in [2.45, 2.75) is 39.2 Å². The third-order valence-corrected chi connectivity index (χ3v) is 2.81. The average Bonchev–Trinajstić information content (AvgIpc) is 2.66. The van der Waals surface area contributed by atoms with E-state index in [1.54, 1.807) is 0 Å². The van der Waals surface area contributed by atoms with Crippen LogP contribution in [0.5, 0.6) is 0 Å². The van der Waals surface area contributed by atoms with E-state index in [1.807, 2.05) is 11.0 Å². The van der Waals surface area contributed by atoms with Gasteiger partial charge in [-0.1, -0.05) is 19.9 Å². The zero-order valence-corrected chi connectivity index (χ0v) is 9.74. The highest BCUT2D eigenvalue weighted by atomic mass is 16.5. The highest BCUT2D eigenvalue weighted by Crippen LogP contribution is 2.19. The highest BCUT2D eigenvalue weighted by molar-refractivity contribution is 5.76. The molecule has 1 atom stereocenters. The molecule has 3 nitrogen and oxygen atoms in total. The SMILES string of the molecule is C=CCCCC(=O)N1COC[C@H]1C(C)C. The van der Waals surface area contributed by atoms with Crippen molar-refractivity contribution in [3.8, 4) is 0 Å². The summed E-state index contributed by atoms with van der Waals surface area (Å²) in [7, 11) is 0. The van der Waals surface area contributed by atoms with Crippen molar-refractivity contribution in [1.82, 2.24) is 4.90 Å². The Bertz CT molecular complexity index is 226. The van der Waals surface area contributed by atoms with Gasteiger partial charge in [-0.15, -0.1) is 6.58 Å². The molecule has 0 unspecified atom stereocenters. The van der Waals surface area contributed by atoms with Gasteiger partial charge in [0.2, 0.25) is 5.91 Å². The number of carbonyl (C=O) groups excluding carboxylic acids is 1. The molecule has 0 aliphatic carbocycles. The summed E-state index contributed by atoms with van der Waals surface area (Å²) in [5.74, 6) is 0.684. The van der Waals surface area contributed by atoms with Gasteiger partial charge in [-0.2, -0.15) is 0 Å². The summed E-state index contributed by atoms with van der Waals surface area (Å²) in [4.78, 5) is 13.7. The zero-order chi connectivity index (χ0) is 11.3. The van der Waals surface area contributed by atoms with Crippen molar-refractivity contribution >= 4 is 5.91 Å². The monoisotopic (exact) mass is 211 g/mol. The lowest BCUT2D eigenvalue weighted by Crippen LogP contribution is -2.39. The van der Waals surface area contributed by atoms with Crippen LogP contribution in [-0.4, -0.2) is 30.2 Å². The van der Waals surface area contributed by atoms with Gasteiger partial charge in [0.05, 0.1) is 12.6 Å². The fourth-order valence-corrected chi connectivity index (χ4v) is 1.81. The van der Waals surface area contributed by atoms with Crippen LogP contribution in [0.4, 0.5) is 0 Å². The summed E-state index contributed by atoms with van der Waals surface area (Å²) in [5.41, 5.74) is 0. The maximum Gasteiger partial charge on any atom is 0.224 e. The Kier molecular flexibility index (Phi) is 4.82. The van der Waals surface area contributed by atoms with E-state index < -0.39 is 0 Å². The van der Waals surface area contributed by atoms with E-state index in [0.717, 1.165) is 12.8 Å². The minimum Gasteiger partial charge on any atom is -0.359 e. The van der Waals surface area contributed by atoms with Crippen LogP contribution in [-0.2, 0) is 9.53 Å². The number of rotatable bonds is 5. The van der Waals surface area contributed by atoms with Crippen molar-refractivity contribution < 1.29 is 9.53 Å². The van der Waals surface area contributed by atoms with E-state index in [2.05, 4.69) is 20.4 Å². The third kappa shape index (κ3) is 3.34. The summed E-state index contributed by atoms with van der Waals surface area (Å²) >= 11 is 0. The number of allylic oxidation sites excluding steroid dienone is 1. The van der Waals surface area contributed by atoms with Gasteiger partial charge in [0.25, 0.3) is 0 Å². The van der Waals surface area contributed by atoms with E-state index >= 15 is 0 Å². The first kappa shape index (κ1) is 12.2. The topological polar surface area (TPSA) is 29.5 Å². The molecule has 15 heavy (non-hydrogen) atoms. The number of hydrogen-bond acceptors (Lipinski definition) is 2. The van der Waals surface area contributed by atoms with Crippen molar-refractivity contribution in [3.05, 3.63) is 12.7 Å². The molecule has 1 aliphatic heterocycles. The first-order valence-electron chi connectivity index (χ1n) is 5.65. The van der Waals surface area contributed by atoms with E-state index in [-0.39, 0.29) is 11.9 Å². The van der Waals surface area contributed by atoms with Crippen LogP contribution in [0.2, 0.25) is 0 Å². The molecule has 0 aromatic carbocycles. The van der Waals surface area contributed by atoms with Crippen molar-refractivity contribution in [3.63, 3.8) is 0 Å². The molecule has 0 N–H and O–H groups in total. The molecule has 0 saturated carbocycles. The Morgan fingerprint density at radius 2 is 2.40 bits per heavy atom. The highest BCUT2D eigenvalue weighted by Gasteiger charge is 2.30. The van der Waals surface area contributed by atoms with Gasteiger partial charge < -0.3 is 9.64 Å². The molecule has 1 fully saturated rings. The maximum atomic E-state index is 11.8. The molecule has 1 heterocycles. The summed E-state index contributed by atoms with van der Waals surface area (Å²) in [6, 6.07) is 0.265. The molecule has 0 spiro atoms. The van der Waals surface area contributed by atoms with E-state index in [0.29, 0.717) is 25.7 Å². The van der Waals surface area contributed by atoms with Gasteiger partial charge >= 0.3 is 0 Å². The van der Waals surface area contributed by atoms with E-state index in [4.69, 9.17) is 4.74 Å². The number of nitrogens with zero attached hydrogens (tertiary/aromatic N) is 1. The fraction of sp³-hybridized carbons (Fsp3) is 0.750. The van der Waals surface area contributed by atoms with Crippen LogP contribution in [0.3, 0.4) is 0 Å². The molecule has 1 amide bonds. The first-order valence-corrected chi connectivity index (χ1v) is 5.65. The maximum absolute atomic E-state index is 11.8. The molecule has 0 radical (unpaired) electrons. The number of amides is 1. The second-order valence-electron chi connectivity index (χ2n) is 4.36. The van der Waals surface area contributed by atoms with Crippen molar-refractivity contribution in [2.24, 2.45) is 5.92 Å². The molecule has 0 aromatic heterocycles. The molecular weight excluding hydrogens is 190 g/mol. The molecule has 0 bridgehead atoms. The third-order valence-electron chi connectivity index (χ3n) is 2.81. The van der Waals surface area contributed by atoms with Crippen molar-refractivity contribution in [1.29, 1.82) is 0 Å². The number of carbonyl (C=O) groups is 1. The molecule has 1 saturated heterocycles.